The monoisotopic (exact) mass is 398 g/mol. The van der Waals surface area contributed by atoms with E-state index in [1.165, 1.54) is 0 Å². The smallest absolute Gasteiger partial charge is 0.256 e. The number of H-pyrrole nitrogens is 1. The minimum atomic E-state index is 0.0823. The maximum atomic E-state index is 13.2. The van der Waals surface area contributed by atoms with Crippen LogP contribution in [0.4, 0.5) is 0 Å². The maximum absolute atomic E-state index is 13.2. The maximum Gasteiger partial charge on any atom is 0.256 e. The number of carbonyl (C=O) groups excluding carboxylic acids is 1. The van der Waals surface area contributed by atoms with Crippen molar-refractivity contribution in [2.75, 3.05) is 13.7 Å². The number of amides is 1. The molecule has 5 heteroatoms. The second-order valence-electron chi connectivity index (χ2n) is 6.33. The van der Waals surface area contributed by atoms with Crippen LogP contribution in [0.25, 0.3) is 10.9 Å². The van der Waals surface area contributed by atoms with E-state index in [4.69, 9.17) is 4.74 Å². The molecule has 1 aliphatic heterocycles. The number of methoxy groups -OCH3 is 1. The van der Waals surface area contributed by atoms with E-state index < -0.39 is 0 Å². The zero-order valence-electron chi connectivity index (χ0n) is 14.0. The predicted octanol–water partition coefficient (Wildman–Crippen LogP) is 4.92. The lowest BCUT2D eigenvalue weighted by molar-refractivity contribution is 0.0737. The average molecular weight is 399 g/mol. The van der Waals surface area contributed by atoms with Crippen LogP contribution >= 0.6 is 15.9 Å². The first-order valence-electron chi connectivity index (χ1n) is 8.39. The van der Waals surface area contributed by atoms with Crippen molar-refractivity contribution in [3.8, 4) is 5.75 Å². The van der Waals surface area contributed by atoms with Gasteiger partial charge in [0.25, 0.3) is 5.91 Å². The number of likely N-dealkylation sites (tertiary alicyclic amines) is 1. The van der Waals surface area contributed by atoms with Crippen LogP contribution in [-0.2, 0) is 0 Å². The first-order valence-corrected chi connectivity index (χ1v) is 9.18. The van der Waals surface area contributed by atoms with Gasteiger partial charge in [-0.2, -0.15) is 0 Å². The minimum Gasteiger partial charge on any atom is -0.497 e. The number of ether oxygens (including phenoxy) is 1. The summed E-state index contributed by atoms with van der Waals surface area (Å²) >= 11 is 3.47. The molecule has 0 saturated carbocycles. The van der Waals surface area contributed by atoms with Crippen LogP contribution in [0.1, 0.15) is 34.8 Å². The molecule has 4 rings (SSSR count). The standard InChI is InChI=1S/C20H19BrN2O2/c1-25-15-5-2-4-13(10-15)19-6-3-9-23(19)20(24)17-12-22-18-11-14(21)7-8-16(17)18/h2,4-5,7-8,10-12,19,22H,3,6,9H2,1H3/t19-/m1/s1. The summed E-state index contributed by atoms with van der Waals surface area (Å²) in [6, 6.07) is 14.1. The number of nitrogens with one attached hydrogen (secondary N) is 1. The molecule has 0 unspecified atom stereocenters. The molecule has 1 amide bonds. The molecule has 0 radical (unpaired) electrons. The Morgan fingerprint density at radius 2 is 2.16 bits per heavy atom. The fourth-order valence-electron chi connectivity index (χ4n) is 3.64. The molecule has 1 aliphatic rings. The van der Waals surface area contributed by atoms with Gasteiger partial charge in [-0.25, -0.2) is 0 Å². The van der Waals surface area contributed by atoms with Crippen LogP contribution in [0, 0.1) is 0 Å². The van der Waals surface area contributed by atoms with Crippen molar-refractivity contribution in [1.82, 2.24) is 9.88 Å². The van der Waals surface area contributed by atoms with E-state index in [9.17, 15) is 4.79 Å². The molecule has 1 aromatic heterocycles. The van der Waals surface area contributed by atoms with Crippen LogP contribution in [0.2, 0.25) is 0 Å². The summed E-state index contributed by atoms with van der Waals surface area (Å²) in [5, 5.41) is 0.962. The van der Waals surface area contributed by atoms with Crippen molar-refractivity contribution >= 4 is 32.7 Å². The third kappa shape index (κ3) is 2.93. The molecule has 2 heterocycles. The van der Waals surface area contributed by atoms with Crippen molar-refractivity contribution in [2.24, 2.45) is 0 Å². The lowest BCUT2D eigenvalue weighted by Crippen LogP contribution is -2.30. The summed E-state index contributed by atoms with van der Waals surface area (Å²) in [4.78, 5) is 18.4. The van der Waals surface area contributed by atoms with Crippen LogP contribution in [0.3, 0.4) is 0 Å². The molecule has 3 aromatic rings. The van der Waals surface area contributed by atoms with E-state index in [2.05, 4.69) is 27.0 Å². The first kappa shape index (κ1) is 16.2. The van der Waals surface area contributed by atoms with E-state index in [-0.39, 0.29) is 11.9 Å². The van der Waals surface area contributed by atoms with Gasteiger partial charge in [0.15, 0.2) is 0 Å². The number of benzene rings is 2. The Morgan fingerprint density at radius 1 is 1.28 bits per heavy atom. The normalized spacial score (nSPS) is 17.2. The quantitative estimate of drug-likeness (QED) is 0.680. The molecule has 1 N–H and O–H groups in total. The topological polar surface area (TPSA) is 45.3 Å². The Morgan fingerprint density at radius 3 is 3.00 bits per heavy atom. The number of halogens is 1. The van der Waals surface area contributed by atoms with Gasteiger partial charge in [-0.1, -0.05) is 34.1 Å². The number of carbonyl (C=O) groups is 1. The predicted molar refractivity (Wildman–Crippen MR) is 102 cm³/mol. The van der Waals surface area contributed by atoms with Gasteiger partial charge in [-0.05, 0) is 42.7 Å². The summed E-state index contributed by atoms with van der Waals surface area (Å²) in [6.45, 7) is 0.782. The minimum absolute atomic E-state index is 0.0823. The summed E-state index contributed by atoms with van der Waals surface area (Å²) in [5.74, 6) is 0.910. The van der Waals surface area contributed by atoms with Crippen molar-refractivity contribution in [1.29, 1.82) is 0 Å². The molecule has 1 fully saturated rings. The summed E-state index contributed by atoms with van der Waals surface area (Å²) in [7, 11) is 1.67. The number of aromatic nitrogens is 1. The van der Waals surface area contributed by atoms with Crippen molar-refractivity contribution in [3.05, 3.63) is 64.3 Å². The fraction of sp³-hybridized carbons (Fsp3) is 0.250. The third-order valence-corrected chi connectivity index (χ3v) is 5.36. The Hall–Kier alpha value is -2.27. The van der Waals surface area contributed by atoms with Crippen LogP contribution < -0.4 is 4.74 Å². The zero-order valence-corrected chi connectivity index (χ0v) is 15.5. The van der Waals surface area contributed by atoms with Gasteiger partial charge in [0, 0.05) is 28.1 Å². The highest BCUT2D eigenvalue weighted by atomic mass is 79.9. The van der Waals surface area contributed by atoms with E-state index in [1.807, 2.05) is 47.5 Å². The Bertz CT molecular complexity index is 934. The van der Waals surface area contributed by atoms with E-state index in [1.54, 1.807) is 7.11 Å². The van der Waals surface area contributed by atoms with Crippen molar-refractivity contribution < 1.29 is 9.53 Å². The van der Waals surface area contributed by atoms with Gasteiger partial charge in [-0.3, -0.25) is 4.79 Å². The van der Waals surface area contributed by atoms with Gasteiger partial charge in [0.2, 0.25) is 0 Å². The highest BCUT2D eigenvalue weighted by Gasteiger charge is 2.31. The van der Waals surface area contributed by atoms with Gasteiger partial charge >= 0.3 is 0 Å². The molecule has 0 aliphatic carbocycles. The van der Waals surface area contributed by atoms with Crippen molar-refractivity contribution in [3.63, 3.8) is 0 Å². The molecule has 1 atom stereocenters. The summed E-state index contributed by atoms with van der Waals surface area (Å²) in [5.41, 5.74) is 2.83. The lowest BCUT2D eigenvalue weighted by atomic mass is 10.0. The third-order valence-electron chi connectivity index (χ3n) is 4.87. The van der Waals surface area contributed by atoms with E-state index in [0.717, 1.165) is 51.6 Å². The number of hydrogen-bond acceptors (Lipinski definition) is 2. The Balaban J connectivity index is 1.68. The number of aromatic amines is 1. The lowest BCUT2D eigenvalue weighted by Gasteiger charge is -2.25. The molecular weight excluding hydrogens is 380 g/mol. The molecule has 2 aromatic carbocycles. The van der Waals surface area contributed by atoms with Crippen molar-refractivity contribution in [2.45, 2.75) is 18.9 Å². The zero-order chi connectivity index (χ0) is 17.4. The molecule has 128 valence electrons. The second-order valence-corrected chi connectivity index (χ2v) is 7.24. The molecule has 1 saturated heterocycles. The van der Waals surface area contributed by atoms with Gasteiger partial charge in [0.1, 0.15) is 5.75 Å². The highest BCUT2D eigenvalue weighted by Crippen LogP contribution is 2.35. The van der Waals surface area contributed by atoms with Gasteiger partial charge < -0.3 is 14.6 Å². The summed E-state index contributed by atoms with van der Waals surface area (Å²) in [6.07, 6.45) is 3.81. The van der Waals surface area contributed by atoms with Crippen LogP contribution in [0.5, 0.6) is 5.75 Å². The van der Waals surface area contributed by atoms with Gasteiger partial charge in [-0.15, -0.1) is 0 Å². The van der Waals surface area contributed by atoms with Gasteiger partial charge in [0.05, 0.1) is 18.7 Å². The Kier molecular flexibility index (Phi) is 4.25. The number of nitrogens with zero attached hydrogens (tertiary/aromatic N) is 1. The fourth-order valence-corrected chi connectivity index (χ4v) is 4.00. The molecular formula is C20H19BrN2O2. The molecule has 4 nitrogen and oxygen atoms in total. The first-order chi connectivity index (χ1) is 12.2. The number of hydrogen-bond donors (Lipinski definition) is 1. The summed E-state index contributed by atoms with van der Waals surface area (Å²) < 4.78 is 6.33. The largest absolute Gasteiger partial charge is 0.497 e. The van der Waals surface area contributed by atoms with Crippen LogP contribution in [-0.4, -0.2) is 29.4 Å². The molecule has 0 bridgehead atoms. The molecule has 25 heavy (non-hydrogen) atoms. The second kappa shape index (κ2) is 6.56. The van der Waals surface area contributed by atoms with E-state index in [0.29, 0.717) is 0 Å². The average Bonchev–Trinajstić information content (AvgIpc) is 3.28. The highest BCUT2D eigenvalue weighted by molar-refractivity contribution is 9.10. The van der Waals surface area contributed by atoms with E-state index >= 15 is 0 Å². The molecule has 0 spiro atoms. The Labute approximate surface area is 154 Å². The SMILES string of the molecule is COc1cccc([C@H]2CCCN2C(=O)c2c[nH]c3cc(Br)ccc23)c1. The number of fused-ring (bicyclic) bond motifs is 1. The van der Waals surface area contributed by atoms with Crippen LogP contribution in [0.15, 0.2) is 53.1 Å². The number of rotatable bonds is 3.